The smallest absolute Gasteiger partial charge is 0.230 e. The first kappa shape index (κ1) is 98.9. The molecule has 3 aromatic heterocycles. The molecule has 13 aromatic rings. The van der Waals surface area contributed by atoms with E-state index in [1.165, 1.54) is 0 Å². The molecular formula is C114H135N15O6. The van der Waals surface area contributed by atoms with Crippen molar-refractivity contribution in [1.82, 2.24) is 45.0 Å². The molecule has 0 saturated heterocycles. The molecule has 702 valence electrons. The Morgan fingerprint density at radius 2 is 0.370 bits per heavy atom. The average Bonchev–Trinajstić information content (AvgIpc) is 1.73. The summed E-state index contributed by atoms with van der Waals surface area (Å²) < 4.78 is 5.49. The maximum atomic E-state index is 13.8. The van der Waals surface area contributed by atoms with Gasteiger partial charge in [-0.3, -0.25) is 28.8 Å². The van der Waals surface area contributed by atoms with Gasteiger partial charge in [-0.05, 0) is 232 Å². The second-order valence-electron chi connectivity index (χ2n) is 43.1. The van der Waals surface area contributed by atoms with E-state index in [0.717, 1.165) is 83.5 Å². The summed E-state index contributed by atoms with van der Waals surface area (Å²) in [7, 11) is 0. The maximum absolute atomic E-state index is 13.8. The molecule has 0 bridgehead atoms. The quantitative estimate of drug-likeness (QED) is 0.0245. The van der Waals surface area contributed by atoms with Crippen molar-refractivity contribution in [3.05, 3.63) is 235 Å². The Bertz CT molecular complexity index is 5650. The van der Waals surface area contributed by atoms with Gasteiger partial charge in [-0.2, -0.15) is 0 Å². The first-order valence-corrected chi connectivity index (χ1v) is 47.4. The van der Waals surface area contributed by atoms with Crippen LogP contribution in [-0.4, -0.2) is 80.4 Å². The molecule has 0 aliphatic carbocycles. The van der Waals surface area contributed by atoms with E-state index in [1.54, 1.807) is 0 Å². The molecule has 0 aliphatic rings. The summed E-state index contributed by atoms with van der Waals surface area (Å²) in [5.41, 5.74) is 18.0. The lowest BCUT2D eigenvalue weighted by Gasteiger charge is -2.25. The number of benzene rings is 10. The lowest BCUT2D eigenvalue weighted by molar-refractivity contribution is -0.124. The van der Waals surface area contributed by atoms with Crippen LogP contribution in [0.4, 0.5) is 34.1 Å². The van der Waals surface area contributed by atoms with Crippen molar-refractivity contribution in [3.63, 3.8) is 0 Å². The zero-order valence-electron chi connectivity index (χ0n) is 84.0. The molecule has 21 heteroatoms. The Kier molecular flexibility index (Phi) is 28.2. The van der Waals surface area contributed by atoms with E-state index < -0.39 is 32.5 Å². The number of hydrogen-bond acceptors (Lipinski definition) is 12. The summed E-state index contributed by atoms with van der Waals surface area (Å²) in [6.07, 6.45) is 9.75. The van der Waals surface area contributed by atoms with Crippen LogP contribution in [0.1, 0.15) is 242 Å². The predicted molar refractivity (Wildman–Crippen MR) is 552 cm³/mol. The van der Waals surface area contributed by atoms with Gasteiger partial charge in [0, 0.05) is 117 Å². The Hall–Kier alpha value is -13.6. The number of amides is 6. The molecule has 0 fully saturated rings. The largest absolute Gasteiger partial charge is 0.326 e. The Balaban J connectivity index is 1.05. The minimum atomic E-state index is -0.603. The highest BCUT2D eigenvalue weighted by molar-refractivity contribution is 6.01. The minimum absolute atomic E-state index is 0.0826. The average molecular weight is 1810 g/mol. The molecule has 13 rings (SSSR count). The van der Waals surface area contributed by atoms with E-state index in [1.807, 2.05) is 321 Å². The zero-order chi connectivity index (χ0) is 98.2. The van der Waals surface area contributed by atoms with E-state index in [0.29, 0.717) is 123 Å². The van der Waals surface area contributed by atoms with Crippen molar-refractivity contribution in [2.24, 2.45) is 32.5 Å². The Morgan fingerprint density at radius 3 is 0.504 bits per heavy atom. The summed E-state index contributed by atoms with van der Waals surface area (Å²) in [6, 6.07) is 66.9. The summed E-state index contributed by atoms with van der Waals surface area (Å²) in [6.45, 7) is 55.1. The van der Waals surface area contributed by atoms with Gasteiger partial charge in [-0.15, -0.1) is 15.3 Å². The van der Waals surface area contributed by atoms with Crippen molar-refractivity contribution >= 4 is 69.6 Å². The molecule has 10 aromatic carbocycles. The molecule has 0 aliphatic heterocycles. The number of aromatic nitrogens is 9. The number of carbonyl (C=O) groups is 6. The lowest BCUT2D eigenvalue weighted by atomic mass is 9.82. The third-order valence-electron chi connectivity index (χ3n) is 27.6. The molecule has 0 atom stereocenters. The van der Waals surface area contributed by atoms with E-state index in [9.17, 15) is 28.8 Å². The Labute approximate surface area is 797 Å². The molecule has 6 amide bonds. The third-order valence-corrected chi connectivity index (χ3v) is 27.6. The van der Waals surface area contributed by atoms with Crippen LogP contribution in [0.25, 0.3) is 118 Å². The SMILES string of the molecule is CCC(C)(C)C(=O)Nc1ccc(-c2cc(C(C)(C)C)cc(-c3ccc(NC(=O)C(C)(C)CC)cc3)c2-n2cc(-c3cc(-c4cn(-c5c(-c6ccc(NC(=O)C(C)(C)CC)cc6)cc(C(C)(C)C)cc5-c5ccc(NC(=O)C(C)(C)CC)cc5)nn4)cc(-c4cn(-c5c(-c6ccc(NC(=O)C(C)(C)CC)cc6)cc(C(C)(C)C)cc5-c5ccc(NC(=O)C(C)(C)CC)cc5)nn4)c3)nn2)cc1. The van der Waals surface area contributed by atoms with Gasteiger partial charge in [-0.1, -0.05) is 275 Å². The first-order chi connectivity index (χ1) is 63.4. The maximum Gasteiger partial charge on any atom is 0.230 e. The van der Waals surface area contributed by atoms with Gasteiger partial charge in [0.05, 0.1) is 35.7 Å². The Morgan fingerprint density at radius 1 is 0.222 bits per heavy atom. The molecule has 135 heavy (non-hydrogen) atoms. The fourth-order valence-electron chi connectivity index (χ4n) is 15.0. The van der Waals surface area contributed by atoms with Gasteiger partial charge < -0.3 is 31.9 Å². The van der Waals surface area contributed by atoms with Crippen LogP contribution in [0, 0.1) is 32.5 Å². The molecule has 0 radical (unpaired) electrons. The number of hydrogen-bond donors (Lipinski definition) is 6. The number of nitrogens with zero attached hydrogens (tertiary/aromatic N) is 9. The van der Waals surface area contributed by atoms with Crippen LogP contribution in [0.2, 0.25) is 0 Å². The van der Waals surface area contributed by atoms with Gasteiger partial charge in [-0.25, -0.2) is 14.0 Å². The van der Waals surface area contributed by atoms with Gasteiger partial charge in [0.2, 0.25) is 35.4 Å². The highest BCUT2D eigenvalue weighted by atomic mass is 16.2. The van der Waals surface area contributed by atoms with Crippen LogP contribution >= 0.6 is 0 Å². The fraction of sp³-hybridized carbons (Fsp3) is 0.368. The summed E-state index contributed by atoms with van der Waals surface area (Å²) in [5.74, 6) is -0.496. The normalized spacial score (nSPS) is 12.5. The van der Waals surface area contributed by atoms with Crippen molar-refractivity contribution in [2.45, 2.75) is 242 Å². The van der Waals surface area contributed by atoms with E-state index in [2.05, 4.69) is 131 Å². The molecule has 6 N–H and O–H groups in total. The van der Waals surface area contributed by atoms with Gasteiger partial charge in [0.25, 0.3) is 0 Å². The van der Waals surface area contributed by atoms with E-state index >= 15 is 0 Å². The molecule has 21 nitrogen and oxygen atoms in total. The number of rotatable bonds is 30. The van der Waals surface area contributed by atoms with Gasteiger partial charge in [0.15, 0.2) is 0 Å². The van der Waals surface area contributed by atoms with Gasteiger partial charge in [0.1, 0.15) is 17.1 Å². The summed E-state index contributed by atoms with van der Waals surface area (Å²) >= 11 is 0. The lowest BCUT2D eigenvalue weighted by Crippen LogP contribution is -2.29. The van der Waals surface area contributed by atoms with Crippen LogP contribution in [0.3, 0.4) is 0 Å². The fourth-order valence-corrected chi connectivity index (χ4v) is 15.0. The molecule has 0 spiro atoms. The van der Waals surface area contributed by atoms with Crippen molar-refractivity contribution in [1.29, 1.82) is 0 Å². The zero-order valence-corrected chi connectivity index (χ0v) is 84.0. The first-order valence-electron chi connectivity index (χ1n) is 47.4. The second-order valence-corrected chi connectivity index (χ2v) is 43.1. The van der Waals surface area contributed by atoms with Crippen LogP contribution in [0.15, 0.2) is 219 Å². The highest BCUT2D eigenvalue weighted by Crippen LogP contribution is 2.47. The van der Waals surface area contributed by atoms with Gasteiger partial charge >= 0.3 is 0 Å². The third kappa shape index (κ3) is 21.9. The summed E-state index contributed by atoms with van der Waals surface area (Å²) in [4.78, 5) is 82.5. The molecule has 3 heterocycles. The monoisotopic (exact) mass is 1810 g/mol. The van der Waals surface area contributed by atoms with Crippen LogP contribution in [0.5, 0.6) is 0 Å². The van der Waals surface area contributed by atoms with E-state index in [-0.39, 0.29) is 51.7 Å². The number of carbonyl (C=O) groups excluding carboxylic acids is 6. The highest BCUT2D eigenvalue weighted by Gasteiger charge is 2.35. The predicted octanol–water partition coefficient (Wildman–Crippen LogP) is 27.6. The van der Waals surface area contributed by atoms with Crippen LogP contribution in [-0.2, 0) is 45.0 Å². The van der Waals surface area contributed by atoms with Crippen molar-refractivity contribution < 1.29 is 28.8 Å². The molecular weight excluding hydrogens is 1680 g/mol. The second kappa shape index (κ2) is 38.4. The number of nitrogens with one attached hydrogen (secondary N) is 6. The summed E-state index contributed by atoms with van der Waals surface area (Å²) in [5, 5.41) is 50.0. The van der Waals surface area contributed by atoms with Crippen LogP contribution < -0.4 is 31.9 Å². The van der Waals surface area contributed by atoms with Crippen molar-refractivity contribution in [3.8, 4) is 118 Å². The standard InChI is InChI=1S/C114H135N15O6/c1-28-109(16,17)100(130)115-82-46-34-70(35-47-82)88-61-79(106(7,8)9)62-89(71-36-48-83(49-37-71)116-101(131)110(18,19)29-2)97(88)127-67-94(121-124-127)76-58-77(95-68-128(125-122-95)98-90(72-38-50-84(51-39-72)117-102(132)111(20,21)30-3)63-80(107(10,11)12)64-91(98)73-40-52-85(53-41-73)118-103(133)112(22,23)31-4)60-78(59-76)96-69-129(126-123-96)99-92(74-42-54-86(55-43-74)119-104(134)113(24,25)32-5)65-81(108(13,14)15)66-93(99)75-44-56-87(57-45-75)120-105(135)114(26,27)33-6/h34-69H,28-33H2,1-27H3,(H,115,130)(H,116,131)(H,117,132)(H,118,133)(H,119,134)(H,120,135). The van der Waals surface area contributed by atoms with Crippen molar-refractivity contribution in [2.75, 3.05) is 31.9 Å². The molecule has 0 saturated carbocycles. The topological polar surface area (TPSA) is 267 Å². The number of anilines is 6. The minimum Gasteiger partial charge on any atom is -0.326 e. The molecule has 0 unspecified atom stereocenters. The van der Waals surface area contributed by atoms with E-state index in [4.69, 9.17) is 30.9 Å².